The van der Waals surface area contributed by atoms with E-state index in [4.69, 9.17) is 9.73 Å². The number of hydrogen-bond acceptors (Lipinski definition) is 6. The van der Waals surface area contributed by atoms with Gasteiger partial charge in [-0.3, -0.25) is 4.99 Å². The Morgan fingerprint density at radius 2 is 2.11 bits per heavy atom. The smallest absolute Gasteiger partial charge is 0.350 e. The molecule has 0 aliphatic carbocycles. The Hall–Kier alpha value is -1.20. The summed E-state index contributed by atoms with van der Waals surface area (Å²) < 4.78 is 5.10. The number of aliphatic imine (C=N–C) groups is 1. The molecule has 2 aromatic rings. The number of nitrogens with one attached hydrogen (secondary N) is 2. The minimum atomic E-state index is -0.309. The van der Waals surface area contributed by atoms with E-state index in [9.17, 15) is 4.79 Å². The molecule has 2 unspecified atom stereocenters. The number of aryl methyl sites for hydroxylation is 1. The van der Waals surface area contributed by atoms with Gasteiger partial charge in [-0.25, -0.2) is 9.78 Å². The SMILES string of the molecule is CCNC(=NCC(C)c1ccsc1)NC(C)c1nc(C)c(C(=O)OCC)s1.I. The molecule has 6 nitrogen and oxygen atoms in total. The molecule has 0 aliphatic rings. The highest BCUT2D eigenvalue weighted by atomic mass is 127. The second-order valence-corrected chi connectivity index (χ2v) is 8.04. The Bertz CT molecular complexity index is 762. The number of ether oxygens (including phenoxy) is 1. The average Bonchev–Trinajstić information content (AvgIpc) is 3.29. The van der Waals surface area contributed by atoms with Crippen LogP contribution in [0, 0.1) is 6.92 Å². The summed E-state index contributed by atoms with van der Waals surface area (Å²) in [5, 5.41) is 11.8. The molecule has 0 aromatic carbocycles. The van der Waals surface area contributed by atoms with Crippen LogP contribution in [0.5, 0.6) is 0 Å². The van der Waals surface area contributed by atoms with Crippen molar-refractivity contribution in [3.05, 3.63) is 38.0 Å². The fraction of sp³-hybridized carbons (Fsp3) is 0.526. The molecule has 0 radical (unpaired) electrons. The third-order valence-electron chi connectivity index (χ3n) is 3.98. The largest absolute Gasteiger partial charge is 0.462 e. The predicted octanol–water partition coefficient (Wildman–Crippen LogP) is 4.73. The molecule has 156 valence electrons. The lowest BCUT2D eigenvalue weighted by Crippen LogP contribution is -2.39. The van der Waals surface area contributed by atoms with Crippen molar-refractivity contribution in [2.24, 2.45) is 4.99 Å². The number of aromatic nitrogens is 1. The van der Waals surface area contributed by atoms with Crippen molar-refractivity contribution in [2.75, 3.05) is 19.7 Å². The molecule has 0 saturated carbocycles. The van der Waals surface area contributed by atoms with Crippen LogP contribution < -0.4 is 10.6 Å². The van der Waals surface area contributed by atoms with Gasteiger partial charge in [-0.1, -0.05) is 6.92 Å². The highest BCUT2D eigenvalue weighted by molar-refractivity contribution is 14.0. The quantitative estimate of drug-likeness (QED) is 0.221. The first-order valence-corrected chi connectivity index (χ1v) is 10.9. The third-order valence-corrected chi connectivity index (χ3v) is 6.00. The molecule has 0 amide bonds. The Morgan fingerprint density at radius 1 is 1.36 bits per heavy atom. The van der Waals surface area contributed by atoms with Gasteiger partial charge in [0.15, 0.2) is 5.96 Å². The van der Waals surface area contributed by atoms with Gasteiger partial charge in [-0.2, -0.15) is 11.3 Å². The molecule has 2 heterocycles. The van der Waals surface area contributed by atoms with Gasteiger partial charge < -0.3 is 15.4 Å². The zero-order valence-electron chi connectivity index (χ0n) is 16.9. The second-order valence-electron chi connectivity index (χ2n) is 6.23. The van der Waals surface area contributed by atoms with Crippen molar-refractivity contribution in [3.63, 3.8) is 0 Å². The van der Waals surface area contributed by atoms with E-state index in [1.807, 2.05) is 20.8 Å². The highest BCUT2D eigenvalue weighted by Crippen LogP contribution is 2.24. The normalized spacial score (nSPS) is 13.4. The van der Waals surface area contributed by atoms with Crippen LogP contribution in [0.25, 0.3) is 0 Å². The zero-order valence-corrected chi connectivity index (χ0v) is 20.9. The van der Waals surface area contributed by atoms with Gasteiger partial charge in [0.2, 0.25) is 0 Å². The Kier molecular flexibility index (Phi) is 11.0. The van der Waals surface area contributed by atoms with Crippen LogP contribution in [-0.4, -0.2) is 36.6 Å². The van der Waals surface area contributed by atoms with Crippen molar-refractivity contribution in [3.8, 4) is 0 Å². The number of carbonyl (C=O) groups is 1. The summed E-state index contributed by atoms with van der Waals surface area (Å²) in [6.07, 6.45) is 0. The molecule has 2 aromatic heterocycles. The number of carbonyl (C=O) groups excluding carboxylic acids is 1. The van der Waals surface area contributed by atoms with Gasteiger partial charge in [-0.05, 0) is 50.1 Å². The van der Waals surface area contributed by atoms with Crippen LogP contribution in [0.15, 0.2) is 21.8 Å². The standard InChI is InChI=1S/C19H28N4O2S2.HI/c1-6-20-19(21-10-12(3)15-8-9-26-11-15)23-14(5)17-22-13(4)16(27-17)18(24)25-7-2;/h8-9,11-12,14H,6-7,10H2,1-5H3,(H2,20,21,23);1H. The molecule has 28 heavy (non-hydrogen) atoms. The van der Waals surface area contributed by atoms with Gasteiger partial charge in [0.1, 0.15) is 9.88 Å². The Labute approximate surface area is 192 Å². The molecule has 0 bridgehead atoms. The van der Waals surface area contributed by atoms with E-state index in [0.717, 1.165) is 17.5 Å². The fourth-order valence-electron chi connectivity index (χ4n) is 2.46. The minimum Gasteiger partial charge on any atom is -0.462 e. The van der Waals surface area contributed by atoms with Crippen molar-refractivity contribution in [1.29, 1.82) is 0 Å². The number of esters is 1. The lowest BCUT2D eigenvalue weighted by molar-refractivity contribution is 0.0531. The number of rotatable bonds is 8. The molecular formula is C19H29IN4O2S2. The van der Waals surface area contributed by atoms with Gasteiger partial charge in [0, 0.05) is 19.0 Å². The topological polar surface area (TPSA) is 75.6 Å². The highest BCUT2D eigenvalue weighted by Gasteiger charge is 2.20. The summed E-state index contributed by atoms with van der Waals surface area (Å²) in [7, 11) is 0. The zero-order chi connectivity index (χ0) is 19.8. The maximum Gasteiger partial charge on any atom is 0.350 e. The van der Waals surface area contributed by atoms with Gasteiger partial charge >= 0.3 is 5.97 Å². The van der Waals surface area contributed by atoms with Crippen LogP contribution >= 0.6 is 46.7 Å². The van der Waals surface area contributed by atoms with Gasteiger partial charge in [-0.15, -0.1) is 35.3 Å². The molecule has 0 spiro atoms. The van der Waals surface area contributed by atoms with Gasteiger partial charge in [0.25, 0.3) is 0 Å². The molecular weight excluding hydrogens is 507 g/mol. The number of nitrogens with zero attached hydrogens (tertiary/aromatic N) is 2. The van der Waals surface area contributed by atoms with E-state index in [0.29, 0.717) is 29.6 Å². The van der Waals surface area contributed by atoms with Crippen LogP contribution in [0.4, 0.5) is 0 Å². The van der Waals surface area contributed by atoms with E-state index < -0.39 is 0 Å². The summed E-state index contributed by atoms with van der Waals surface area (Å²) in [6.45, 7) is 11.7. The van der Waals surface area contributed by atoms with Crippen LogP contribution in [0.3, 0.4) is 0 Å². The van der Waals surface area contributed by atoms with E-state index >= 15 is 0 Å². The van der Waals surface area contributed by atoms with Crippen LogP contribution in [-0.2, 0) is 4.74 Å². The lowest BCUT2D eigenvalue weighted by Gasteiger charge is -2.17. The fourth-order valence-corrected chi connectivity index (χ4v) is 4.21. The van der Waals surface area contributed by atoms with E-state index in [1.165, 1.54) is 16.9 Å². The number of hydrogen-bond donors (Lipinski definition) is 2. The van der Waals surface area contributed by atoms with E-state index in [2.05, 4.69) is 39.4 Å². The van der Waals surface area contributed by atoms with Crippen molar-refractivity contribution < 1.29 is 9.53 Å². The summed E-state index contributed by atoms with van der Waals surface area (Å²) in [5.41, 5.74) is 2.01. The molecule has 0 saturated heterocycles. The summed E-state index contributed by atoms with van der Waals surface area (Å²) in [5.74, 6) is 0.799. The number of guanidine groups is 1. The van der Waals surface area contributed by atoms with E-state index in [1.54, 1.807) is 18.3 Å². The first-order valence-electron chi connectivity index (χ1n) is 9.17. The molecule has 2 N–H and O–H groups in total. The molecule has 9 heteroatoms. The molecule has 2 rings (SSSR count). The summed E-state index contributed by atoms with van der Waals surface area (Å²) in [6, 6.07) is 2.08. The lowest BCUT2D eigenvalue weighted by atomic mass is 10.1. The van der Waals surface area contributed by atoms with Crippen LogP contribution in [0.1, 0.15) is 65.6 Å². The number of thiazole rings is 1. The Balaban J connectivity index is 0.00000392. The van der Waals surface area contributed by atoms with Crippen molar-refractivity contribution in [2.45, 2.75) is 46.6 Å². The van der Waals surface area contributed by atoms with Gasteiger partial charge in [0.05, 0.1) is 18.3 Å². The predicted molar refractivity (Wildman–Crippen MR) is 128 cm³/mol. The maximum absolute atomic E-state index is 12.0. The Morgan fingerprint density at radius 3 is 2.71 bits per heavy atom. The second kappa shape index (κ2) is 12.4. The number of thiophene rings is 1. The maximum atomic E-state index is 12.0. The third kappa shape index (κ3) is 7.00. The molecule has 0 aliphatic heterocycles. The first kappa shape index (κ1) is 24.8. The van der Waals surface area contributed by atoms with Crippen molar-refractivity contribution >= 4 is 58.6 Å². The summed E-state index contributed by atoms with van der Waals surface area (Å²) in [4.78, 5) is 21.8. The first-order chi connectivity index (χ1) is 13.0. The monoisotopic (exact) mass is 536 g/mol. The minimum absolute atomic E-state index is 0. The molecule has 2 atom stereocenters. The van der Waals surface area contributed by atoms with E-state index in [-0.39, 0.29) is 36.0 Å². The number of halogens is 1. The van der Waals surface area contributed by atoms with Crippen molar-refractivity contribution in [1.82, 2.24) is 15.6 Å². The summed E-state index contributed by atoms with van der Waals surface area (Å²) >= 11 is 3.07. The van der Waals surface area contributed by atoms with Crippen LogP contribution in [0.2, 0.25) is 0 Å². The molecule has 0 fully saturated rings. The average molecular weight is 537 g/mol.